The van der Waals surface area contributed by atoms with Gasteiger partial charge in [-0.25, -0.2) is 0 Å². The van der Waals surface area contributed by atoms with Gasteiger partial charge in [0.2, 0.25) is 5.91 Å². The predicted molar refractivity (Wildman–Crippen MR) is 109 cm³/mol. The van der Waals surface area contributed by atoms with Crippen molar-refractivity contribution in [2.45, 2.75) is 25.2 Å². The number of benzene rings is 2. The van der Waals surface area contributed by atoms with E-state index in [1.54, 1.807) is 30.3 Å². The number of carbonyl (C=O) groups is 2. The van der Waals surface area contributed by atoms with E-state index in [2.05, 4.69) is 5.32 Å². The van der Waals surface area contributed by atoms with E-state index < -0.39 is 5.92 Å². The van der Waals surface area contributed by atoms with E-state index in [-0.39, 0.29) is 36.0 Å². The van der Waals surface area contributed by atoms with Crippen LogP contribution in [0.15, 0.2) is 36.4 Å². The number of amides is 1. The molecule has 4 nitrogen and oxygen atoms in total. The highest BCUT2D eigenvalue weighted by Gasteiger charge is 2.22. The van der Waals surface area contributed by atoms with Gasteiger partial charge >= 0.3 is 0 Å². The van der Waals surface area contributed by atoms with E-state index in [9.17, 15) is 14.9 Å². The minimum Gasteiger partial charge on any atom is -0.325 e. The zero-order valence-electron chi connectivity index (χ0n) is 13.9. The quantitative estimate of drug-likeness (QED) is 0.546. The molecule has 8 heteroatoms. The summed E-state index contributed by atoms with van der Waals surface area (Å²) in [6, 6.07) is 11.3. The standard InChI is InChI=1S/C19H14Cl4N2O2/c20-11-4-6-13(16(23)8-11)14(10-24)18(26)2-1-3-19(27)25-17-9-12(21)5-7-15(17)22/h4-9,14H,1-3H2,(H,25,27)/t14-/m1/s1. The Labute approximate surface area is 177 Å². The van der Waals surface area contributed by atoms with E-state index in [1.165, 1.54) is 6.07 Å². The van der Waals surface area contributed by atoms with Gasteiger partial charge in [-0.05, 0) is 42.3 Å². The highest BCUT2D eigenvalue weighted by molar-refractivity contribution is 6.36. The molecule has 0 radical (unpaired) electrons. The molecule has 2 aromatic rings. The highest BCUT2D eigenvalue weighted by Crippen LogP contribution is 2.29. The van der Waals surface area contributed by atoms with Crippen molar-refractivity contribution in [1.29, 1.82) is 5.26 Å². The van der Waals surface area contributed by atoms with Crippen molar-refractivity contribution >= 4 is 63.8 Å². The van der Waals surface area contributed by atoms with Gasteiger partial charge in [0.25, 0.3) is 0 Å². The highest BCUT2D eigenvalue weighted by atomic mass is 35.5. The molecule has 2 aromatic carbocycles. The zero-order valence-corrected chi connectivity index (χ0v) is 17.0. The van der Waals surface area contributed by atoms with Crippen LogP contribution in [-0.4, -0.2) is 11.7 Å². The average molecular weight is 444 g/mol. The molecule has 0 aliphatic carbocycles. The van der Waals surface area contributed by atoms with Crippen molar-refractivity contribution in [2.75, 3.05) is 5.32 Å². The molecule has 0 aliphatic heterocycles. The molecule has 0 unspecified atom stereocenters. The Bertz CT molecular complexity index is 909. The largest absolute Gasteiger partial charge is 0.325 e. The molecule has 1 atom stereocenters. The SMILES string of the molecule is N#C[C@@H](C(=O)CCCC(=O)Nc1cc(Cl)ccc1Cl)c1ccc(Cl)cc1Cl. The number of hydrogen-bond donors (Lipinski definition) is 1. The monoisotopic (exact) mass is 442 g/mol. The Kier molecular flexibility index (Phi) is 7.94. The molecule has 0 bridgehead atoms. The molecule has 0 heterocycles. The number of nitrogens with zero attached hydrogens (tertiary/aromatic N) is 1. The maximum atomic E-state index is 12.4. The van der Waals surface area contributed by atoms with Crippen LogP contribution < -0.4 is 5.32 Å². The molecule has 2 rings (SSSR count). The number of Topliss-reactive ketones (excluding diaryl/α,β-unsaturated/α-hetero) is 1. The Hall–Kier alpha value is -1.77. The second-order valence-electron chi connectivity index (χ2n) is 5.72. The van der Waals surface area contributed by atoms with E-state index in [0.29, 0.717) is 26.3 Å². The molecule has 0 fully saturated rings. The first-order valence-corrected chi connectivity index (χ1v) is 9.45. The van der Waals surface area contributed by atoms with Crippen LogP contribution in [0.25, 0.3) is 0 Å². The van der Waals surface area contributed by atoms with Crippen molar-refractivity contribution in [3.8, 4) is 6.07 Å². The number of carbonyl (C=O) groups excluding carboxylic acids is 2. The lowest BCUT2D eigenvalue weighted by atomic mass is 9.93. The zero-order chi connectivity index (χ0) is 20.0. The second-order valence-corrected chi connectivity index (χ2v) is 7.41. The fourth-order valence-corrected chi connectivity index (χ4v) is 3.28. The number of hydrogen-bond acceptors (Lipinski definition) is 3. The molecule has 140 valence electrons. The van der Waals surface area contributed by atoms with Gasteiger partial charge in [0, 0.05) is 27.9 Å². The van der Waals surface area contributed by atoms with Crippen molar-refractivity contribution < 1.29 is 9.59 Å². The van der Waals surface area contributed by atoms with Crippen LogP contribution in [0.1, 0.15) is 30.7 Å². The van der Waals surface area contributed by atoms with Crippen LogP contribution in [0.5, 0.6) is 0 Å². The molecule has 0 aromatic heterocycles. The average Bonchev–Trinajstić information content (AvgIpc) is 2.60. The van der Waals surface area contributed by atoms with E-state index in [1.807, 2.05) is 6.07 Å². The molecular weight excluding hydrogens is 430 g/mol. The number of rotatable bonds is 7. The van der Waals surface area contributed by atoms with Gasteiger partial charge in [0.1, 0.15) is 5.92 Å². The first-order valence-electron chi connectivity index (χ1n) is 7.94. The van der Waals surface area contributed by atoms with E-state index in [4.69, 9.17) is 46.4 Å². The summed E-state index contributed by atoms with van der Waals surface area (Å²) in [5.41, 5.74) is 0.812. The van der Waals surface area contributed by atoms with Crippen molar-refractivity contribution in [3.05, 3.63) is 62.1 Å². The van der Waals surface area contributed by atoms with E-state index in [0.717, 1.165) is 0 Å². The third-order valence-corrected chi connectivity index (χ3v) is 4.88. The number of nitrogens with one attached hydrogen (secondary N) is 1. The third kappa shape index (κ3) is 6.12. The molecule has 1 amide bonds. The predicted octanol–water partition coefficient (Wildman–Crippen LogP) is 6.29. The van der Waals surface area contributed by atoms with Gasteiger partial charge in [-0.3, -0.25) is 9.59 Å². The molecule has 0 saturated carbocycles. The lowest BCUT2D eigenvalue weighted by Gasteiger charge is -2.11. The van der Waals surface area contributed by atoms with Crippen LogP contribution in [0, 0.1) is 11.3 Å². The van der Waals surface area contributed by atoms with Crippen LogP contribution in [-0.2, 0) is 9.59 Å². The Morgan fingerprint density at radius 2 is 1.63 bits per heavy atom. The summed E-state index contributed by atoms with van der Waals surface area (Å²) in [7, 11) is 0. The third-order valence-electron chi connectivity index (χ3n) is 3.75. The van der Waals surface area contributed by atoms with Crippen LogP contribution in [0.2, 0.25) is 20.1 Å². The molecule has 27 heavy (non-hydrogen) atoms. The lowest BCUT2D eigenvalue weighted by molar-refractivity contribution is -0.119. The van der Waals surface area contributed by atoms with Crippen LogP contribution >= 0.6 is 46.4 Å². The van der Waals surface area contributed by atoms with Crippen LogP contribution in [0.4, 0.5) is 5.69 Å². The van der Waals surface area contributed by atoms with Gasteiger partial charge < -0.3 is 5.32 Å². The lowest BCUT2D eigenvalue weighted by Crippen LogP contribution is -2.15. The fourth-order valence-electron chi connectivity index (χ4n) is 2.42. The summed E-state index contributed by atoms with van der Waals surface area (Å²) in [6.45, 7) is 0. The van der Waals surface area contributed by atoms with Crippen molar-refractivity contribution in [1.82, 2.24) is 0 Å². The molecular formula is C19H14Cl4N2O2. The number of anilines is 1. The molecule has 0 saturated heterocycles. The summed E-state index contributed by atoms with van der Waals surface area (Å²) in [5.74, 6) is -1.61. The summed E-state index contributed by atoms with van der Waals surface area (Å²) < 4.78 is 0. The Morgan fingerprint density at radius 3 is 2.30 bits per heavy atom. The topological polar surface area (TPSA) is 70.0 Å². The summed E-state index contributed by atoms with van der Waals surface area (Å²) in [5, 5.41) is 13.5. The second kappa shape index (κ2) is 9.96. The number of ketones is 1. The minimum atomic E-state index is -1.000. The number of halogens is 4. The maximum absolute atomic E-state index is 12.4. The minimum absolute atomic E-state index is 0.0634. The normalized spacial score (nSPS) is 11.5. The van der Waals surface area contributed by atoms with Gasteiger partial charge in [-0.1, -0.05) is 52.5 Å². The van der Waals surface area contributed by atoms with Gasteiger partial charge in [0.05, 0.1) is 16.8 Å². The Morgan fingerprint density at radius 1 is 0.963 bits per heavy atom. The molecule has 1 N–H and O–H groups in total. The maximum Gasteiger partial charge on any atom is 0.224 e. The van der Waals surface area contributed by atoms with Gasteiger partial charge in [0.15, 0.2) is 5.78 Å². The number of nitriles is 1. The van der Waals surface area contributed by atoms with Gasteiger partial charge in [-0.2, -0.15) is 5.26 Å². The van der Waals surface area contributed by atoms with Crippen molar-refractivity contribution in [2.24, 2.45) is 0 Å². The smallest absolute Gasteiger partial charge is 0.224 e. The fraction of sp³-hybridized carbons (Fsp3) is 0.211. The first kappa shape index (κ1) is 21.5. The summed E-state index contributed by atoms with van der Waals surface area (Å²) in [6.07, 6.45) is 0.446. The van der Waals surface area contributed by atoms with E-state index >= 15 is 0 Å². The molecule has 0 aliphatic rings. The van der Waals surface area contributed by atoms with Crippen LogP contribution in [0.3, 0.4) is 0 Å². The summed E-state index contributed by atoms with van der Waals surface area (Å²) in [4.78, 5) is 24.4. The summed E-state index contributed by atoms with van der Waals surface area (Å²) >= 11 is 23.8. The van der Waals surface area contributed by atoms with Crippen molar-refractivity contribution in [3.63, 3.8) is 0 Å². The first-order chi connectivity index (χ1) is 12.8. The Balaban J connectivity index is 1.91. The van der Waals surface area contributed by atoms with Gasteiger partial charge in [-0.15, -0.1) is 0 Å². The molecule has 0 spiro atoms.